The molecule has 0 aliphatic heterocycles. The molecule has 3 aromatic carbocycles. The van der Waals surface area contributed by atoms with Gasteiger partial charge in [0, 0.05) is 24.2 Å². The Kier molecular flexibility index (Phi) is 6.00. The van der Waals surface area contributed by atoms with E-state index in [2.05, 4.69) is 5.32 Å². The molecule has 3 N–H and O–H groups in total. The van der Waals surface area contributed by atoms with Crippen molar-refractivity contribution in [3.63, 3.8) is 0 Å². The maximum atomic E-state index is 10.6. The van der Waals surface area contributed by atoms with Crippen molar-refractivity contribution in [2.75, 3.05) is 5.32 Å². The standard InChI is InChI=1S/C23H22N2O2/c24-23(19-6-2-1-3-7-19)20-8-4-5-18(15-20)16-25-21-12-9-17(10-13-21)11-14-22(26)27/h1-10,12-13,15,24-25H,11,14,16H2,(H,26,27). The number of hydrogen-bond acceptors (Lipinski definition) is 3. The van der Waals surface area contributed by atoms with Crippen molar-refractivity contribution in [2.45, 2.75) is 19.4 Å². The third-order valence-corrected chi connectivity index (χ3v) is 4.36. The number of anilines is 1. The van der Waals surface area contributed by atoms with E-state index >= 15 is 0 Å². The molecule has 3 aromatic rings. The molecule has 0 spiro atoms. The van der Waals surface area contributed by atoms with Crippen LogP contribution in [0.5, 0.6) is 0 Å². The Bertz CT molecular complexity index is 919. The maximum Gasteiger partial charge on any atom is 0.303 e. The first kappa shape index (κ1) is 18.4. The normalized spacial score (nSPS) is 10.4. The van der Waals surface area contributed by atoms with Crippen molar-refractivity contribution in [2.24, 2.45) is 0 Å². The molecule has 4 heteroatoms. The molecule has 27 heavy (non-hydrogen) atoms. The Morgan fingerprint density at radius 2 is 1.56 bits per heavy atom. The smallest absolute Gasteiger partial charge is 0.303 e. The van der Waals surface area contributed by atoms with E-state index in [0.717, 1.165) is 27.9 Å². The lowest BCUT2D eigenvalue weighted by atomic mass is 10.0. The van der Waals surface area contributed by atoms with Gasteiger partial charge >= 0.3 is 5.97 Å². The summed E-state index contributed by atoms with van der Waals surface area (Å²) in [6.45, 7) is 0.657. The molecule has 0 fully saturated rings. The SMILES string of the molecule is N=C(c1ccccc1)c1cccc(CNc2ccc(CCC(=O)O)cc2)c1. The van der Waals surface area contributed by atoms with Crippen LogP contribution in [0, 0.1) is 5.41 Å². The predicted molar refractivity (Wildman–Crippen MR) is 109 cm³/mol. The molecule has 0 unspecified atom stereocenters. The molecule has 0 heterocycles. The van der Waals surface area contributed by atoms with Crippen LogP contribution in [0.15, 0.2) is 78.9 Å². The van der Waals surface area contributed by atoms with E-state index in [1.807, 2.05) is 78.9 Å². The number of carbonyl (C=O) groups is 1. The number of nitrogens with one attached hydrogen (secondary N) is 2. The van der Waals surface area contributed by atoms with Crippen LogP contribution >= 0.6 is 0 Å². The first-order chi connectivity index (χ1) is 13.1. The van der Waals surface area contributed by atoms with Gasteiger partial charge in [0.15, 0.2) is 0 Å². The first-order valence-electron chi connectivity index (χ1n) is 8.90. The lowest BCUT2D eigenvalue weighted by Crippen LogP contribution is -2.04. The van der Waals surface area contributed by atoms with E-state index in [4.69, 9.17) is 10.5 Å². The highest BCUT2D eigenvalue weighted by atomic mass is 16.4. The van der Waals surface area contributed by atoms with Gasteiger partial charge in [0.25, 0.3) is 0 Å². The summed E-state index contributed by atoms with van der Waals surface area (Å²) >= 11 is 0. The van der Waals surface area contributed by atoms with E-state index in [1.54, 1.807) is 0 Å². The van der Waals surface area contributed by atoms with Crippen LogP contribution in [0.1, 0.15) is 28.7 Å². The zero-order valence-corrected chi connectivity index (χ0v) is 15.0. The summed E-state index contributed by atoms with van der Waals surface area (Å²) in [5.74, 6) is -0.779. The molecular weight excluding hydrogens is 336 g/mol. The summed E-state index contributed by atoms with van der Waals surface area (Å²) in [6.07, 6.45) is 0.687. The van der Waals surface area contributed by atoms with Gasteiger partial charge in [-0.2, -0.15) is 0 Å². The minimum atomic E-state index is -0.779. The Morgan fingerprint density at radius 1 is 0.852 bits per heavy atom. The molecule has 0 aliphatic carbocycles. The van der Waals surface area contributed by atoms with Gasteiger partial charge in [-0.25, -0.2) is 0 Å². The number of carboxylic acids is 1. The summed E-state index contributed by atoms with van der Waals surface area (Å²) in [5, 5.41) is 20.5. The topological polar surface area (TPSA) is 73.2 Å². The molecule has 3 rings (SSSR count). The third kappa shape index (κ3) is 5.28. The van der Waals surface area contributed by atoms with Gasteiger partial charge in [-0.1, -0.05) is 60.7 Å². The molecule has 4 nitrogen and oxygen atoms in total. The molecule has 0 amide bonds. The third-order valence-electron chi connectivity index (χ3n) is 4.36. The summed E-state index contributed by atoms with van der Waals surface area (Å²) in [5.41, 5.74) is 5.41. The number of benzene rings is 3. The van der Waals surface area contributed by atoms with Gasteiger partial charge < -0.3 is 10.4 Å². The van der Waals surface area contributed by atoms with Crippen LogP contribution in [-0.4, -0.2) is 16.8 Å². The molecule has 0 saturated heterocycles. The summed E-state index contributed by atoms with van der Waals surface area (Å²) in [7, 11) is 0. The lowest BCUT2D eigenvalue weighted by Gasteiger charge is -2.10. The monoisotopic (exact) mass is 358 g/mol. The first-order valence-corrected chi connectivity index (χ1v) is 8.90. The van der Waals surface area contributed by atoms with Crippen molar-refractivity contribution in [1.82, 2.24) is 0 Å². The van der Waals surface area contributed by atoms with Gasteiger partial charge in [0.2, 0.25) is 0 Å². The second-order valence-electron chi connectivity index (χ2n) is 6.39. The van der Waals surface area contributed by atoms with Crippen molar-refractivity contribution in [3.8, 4) is 0 Å². The van der Waals surface area contributed by atoms with Crippen molar-refractivity contribution in [3.05, 3.63) is 101 Å². The number of aliphatic carboxylic acids is 1. The number of aryl methyl sites for hydroxylation is 1. The van der Waals surface area contributed by atoms with E-state index in [1.165, 1.54) is 0 Å². The van der Waals surface area contributed by atoms with Crippen molar-refractivity contribution >= 4 is 17.4 Å². The summed E-state index contributed by atoms with van der Waals surface area (Å²) in [6, 6.07) is 25.5. The lowest BCUT2D eigenvalue weighted by molar-refractivity contribution is -0.136. The Hall–Kier alpha value is -3.40. The van der Waals surface area contributed by atoms with E-state index in [0.29, 0.717) is 18.7 Å². The Balaban J connectivity index is 1.61. The maximum absolute atomic E-state index is 10.6. The fourth-order valence-corrected chi connectivity index (χ4v) is 2.85. The molecule has 0 aliphatic rings. The van der Waals surface area contributed by atoms with E-state index in [-0.39, 0.29) is 6.42 Å². The van der Waals surface area contributed by atoms with Gasteiger partial charge in [-0.3, -0.25) is 10.2 Å². The zero-order valence-electron chi connectivity index (χ0n) is 15.0. The Morgan fingerprint density at radius 3 is 2.26 bits per heavy atom. The molecule has 0 aromatic heterocycles. The zero-order chi connectivity index (χ0) is 19.1. The van der Waals surface area contributed by atoms with Gasteiger partial charge in [0.1, 0.15) is 0 Å². The average Bonchev–Trinajstić information content (AvgIpc) is 2.72. The molecule has 136 valence electrons. The van der Waals surface area contributed by atoms with E-state index < -0.39 is 5.97 Å². The van der Waals surface area contributed by atoms with Crippen LogP contribution in [-0.2, 0) is 17.8 Å². The highest BCUT2D eigenvalue weighted by Gasteiger charge is 2.05. The molecule has 0 bridgehead atoms. The van der Waals surface area contributed by atoms with Gasteiger partial charge in [-0.05, 0) is 41.3 Å². The van der Waals surface area contributed by atoms with Crippen LogP contribution in [0.3, 0.4) is 0 Å². The number of carboxylic acid groups (broad SMARTS) is 1. The predicted octanol–water partition coefficient (Wildman–Crippen LogP) is 4.73. The fraction of sp³-hybridized carbons (Fsp3) is 0.130. The number of rotatable bonds is 8. The van der Waals surface area contributed by atoms with Crippen LogP contribution in [0.2, 0.25) is 0 Å². The average molecular weight is 358 g/mol. The second kappa shape index (κ2) is 8.81. The van der Waals surface area contributed by atoms with Crippen molar-refractivity contribution in [1.29, 1.82) is 5.41 Å². The highest BCUT2D eigenvalue weighted by molar-refractivity contribution is 6.10. The fourth-order valence-electron chi connectivity index (χ4n) is 2.85. The molecule has 0 saturated carbocycles. The highest BCUT2D eigenvalue weighted by Crippen LogP contribution is 2.15. The van der Waals surface area contributed by atoms with Crippen LogP contribution < -0.4 is 5.32 Å². The molecular formula is C23H22N2O2. The van der Waals surface area contributed by atoms with E-state index in [9.17, 15) is 4.79 Å². The van der Waals surface area contributed by atoms with Crippen molar-refractivity contribution < 1.29 is 9.90 Å². The summed E-state index contributed by atoms with van der Waals surface area (Å²) in [4.78, 5) is 10.6. The minimum Gasteiger partial charge on any atom is -0.481 e. The van der Waals surface area contributed by atoms with Crippen LogP contribution in [0.4, 0.5) is 5.69 Å². The van der Waals surface area contributed by atoms with Gasteiger partial charge in [0.05, 0.1) is 5.71 Å². The largest absolute Gasteiger partial charge is 0.481 e. The second-order valence-corrected chi connectivity index (χ2v) is 6.39. The van der Waals surface area contributed by atoms with Gasteiger partial charge in [-0.15, -0.1) is 0 Å². The minimum absolute atomic E-state index is 0.146. The Labute approximate surface area is 159 Å². The number of hydrogen-bond donors (Lipinski definition) is 3. The molecule has 0 radical (unpaired) electrons. The summed E-state index contributed by atoms with van der Waals surface area (Å²) < 4.78 is 0. The quantitative estimate of drug-likeness (QED) is 0.510. The van der Waals surface area contributed by atoms with Crippen LogP contribution in [0.25, 0.3) is 0 Å². The molecule has 0 atom stereocenters.